The Balaban J connectivity index is 1.71. The van der Waals surface area contributed by atoms with Crippen LogP contribution in [0.1, 0.15) is 23.5 Å². The van der Waals surface area contributed by atoms with E-state index < -0.39 is 39.3 Å². The first-order chi connectivity index (χ1) is 12.9. The largest absolute Gasteiger partial charge is 0.466 e. The van der Waals surface area contributed by atoms with Gasteiger partial charge in [-0.3, -0.25) is 0 Å². The minimum absolute atomic E-state index is 0.295. The van der Waals surface area contributed by atoms with Crippen LogP contribution in [0.2, 0.25) is 0 Å². The van der Waals surface area contributed by atoms with E-state index in [1.54, 1.807) is 42.5 Å². The fraction of sp³-hybridized carbons (Fsp3) is 0.250. The van der Waals surface area contributed by atoms with Crippen molar-refractivity contribution in [1.29, 1.82) is 0 Å². The summed E-state index contributed by atoms with van der Waals surface area (Å²) in [6.07, 6.45) is 1.94. The van der Waals surface area contributed by atoms with E-state index in [4.69, 9.17) is 4.74 Å². The Bertz CT molecular complexity index is 1130. The smallest absolute Gasteiger partial charge is 0.334 e. The fourth-order valence-electron chi connectivity index (χ4n) is 4.72. The van der Waals surface area contributed by atoms with Gasteiger partial charge in [-0.15, -0.1) is 0 Å². The standard InChI is InChI=1S/C20H16FNO4S/c1-26-19(23)13-10-18-20(11-14(13)12-6-2-4-8-16(12)21)15-7-3-5-9-17(15)27(24,25)22(18)20/h2-10,14,18H,11H2,1H3. The highest BCUT2D eigenvalue weighted by molar-refractivity contribution is 7.89. The molecule has 4 atom stereocenters. The molecule has 5 rings (SSSR count). The lowest BCUT2D eigenvalue weighted by Gasteiger charge is -2.28. The molecule has 1 aliphatic carbocycles. The van der Waals surface area contributed by atoms with E-state index in [2.05, 4.69) is 0 Å². The topological polar surface area (TPSA) is 63.5 Å². The maximum absolute atomic E-state index is 14.5. The van der Waals surface area contributed by atoms with Crippen molar-refractivity contribution in [2.45, 2.75) is 28.8 Å². The molecule has 4 unspecified atom stereocenters. The average Bonchev–Trinajstić information content (AvgIpc) is 3.31. The van der Waals surface area contributed by atoms with E-state index in [-0.39, 0.29) is 0 Å². The van der Waals surface area contributed by atoms with Gasteiger partial charge in [-0.1, -0.05) is 42.5 Å². The molecule has 2 aromatic carbocycles. The number of esters is 1. The van der Waals surface area contributed by atoms with E-state index >= 15 is 0 Å². The zero-order valence-corrected chi connectivity index (χ0v) is 15.2. The van der Waals surface area contributed by atoms with Gasteiger partial charge in [0, 0.05) is 11.5 Å². The number of carbonyl (C=O) groups is 1. The molecule has 27 heavy (non-hydrogen) atoms. The summed E-state index contributed by atoms with van der Waals surface area (Å²) < 4.78 is 46.8. The Labute approximate surface area is 156 Å². The first-order valence-corrected chi connectivity index (χ1v) is 10.1. The second-order valence-electron chi connectivity index (χ2n) is 7.06. The summed E-state index contributed by atoms with van der Waals surface area (Å²) in [5, 5.41) is 0. The van der Waals surface area contributed by atoms with Crippen molar-refractivity contribution in [1.82, 2.24) is 4.31 Å². The van der Waals surface area contributed by atoms with E-state index in [0.29, 0.717) is 22.5 Å². The summed E-state index contributed by atoms with van der Waals surface area (Å²) in [6, 6.07) is 12.7. The Morgan fingerprint density at radius 1 is 1.19 bits per heavy atom. The van der Waals surface area contributed by atoms with Gasteiger partial charge in [-0.05, 0) is 29.7 Å². The van der Waals surface area contributed by atoms with Gasteiger partial charge in [0.05, 0.1) is 23.6 Å². The molecule has 0 aromatic heterocycles. The van der Waals surface area contributed by atoms with Crippen molar-refractivity contribution in [2.75, 3.05) is 7.11 Å². The van der Waals surface area contributed by atoms with Crippen LogP contribution in [0.3, 0.4) is 0 Å². The minimum Gasteiger partial charge on any atom is -0.466 e. The van der Waals surface area contributed by atoms with E-state index in [1.807, 2.05) is 6.07 Å². The van der Waals surface area contributed by atoms with Crippen LogP contribution in [-0.4, -0.2) is 31.8 Å². The van der Waals surface area contributed by atoms with Crippen LogP contribution < -0.4 is 0 Å². The summed E-state index contributed by atoms with van der Waals surface area (Å²) in [6.45, 7) is 0. The lowest BCUT2D eigenvalue weighted by Crippen LogP contribution is -2.26. The van der Waals surface area contributed by atoms with Crippen LogP contribution in [0.15, 0.2) is 65.1 Å². The molecule has 0 bridgehead atoms. The third kappa shape index (κ3) is 1.96. The molecular weight excluding hydrogens is 369 g/mol. The highest BCUT2D eigenvalue weighted by Gasteiger charge is 2.75. The van der Waals surface area contributed by atoms with Gasteiger partial charge in [-0.2, -0.15) is 4.31 Å². The Hall–Kier alpha value is -2.51. The highest BCUT2D eigenvalue weighted by atomic mass is 32.2. The second kappa shape index (κ2) is 5.27. The number of methoxy groups -OCH3 is 1. The van der Waals surface area contributed by atoms with Crippen LogP contribution in [0.25, 0.3) is 0 Å². The van der Waals surface area contributed by atoms with Gasteiger partial charge < -0.3 is 4.74 Å². The van der Waals surface area contributed by atoms with Crippen LogP contribution in [0.5, 0.6) is 0 Å². The predicted octanol–water partition coefficient (Wildman–Crippen LogP) is 2.69. The Kier molecular flexibility index (Phi) is 3.25. The molecule has 5 nitrogen and oxygen atoms in total. The van der Waals surface area contributed by atoms with Crippen LogP contribution in [0.4, 0.5) is 4.39 Å². The van der Waals surface area contributed by atoms with Crippen LogP contribution >= 0.6 is 0 Å². The molecule has 0 amide bonds. The maximum atomic E-state index is 14.5. The minimum atomic E-state index is -3.63. The fourth-order valence-corrected chi connectivity index (χ4v) is 6.90. The second-order valence-corrected chi connectivity index (χ2v) is 8.84. The summed E-state index contributed by atoms with van der Waals surface area (Å²) in [5.74, 6) is -1.57. The molecule has 2 aliphatic heterocycles. The van der Waals surface area contributed by atoms with Gasteiger partial charge in [0.1, 0.15) is 5.82 Å². The van der Waals surface area contributed by atoms with Gasteiger partial charge in [0.15, 0.2) is 0 Å². The normalized spacial score (nSPS) is 31.9. The SMILES string of the molecule is COC(=O)C1=CC2N3C2(CC1c1ccccc1F)c1ccccc1S3(=O)=O. The Morgan fingerprint density at radius 3 is 2.63 bits per heavy atom. The molecule has 3 aliphatic rings. The lowest BCUT2D eigenvalue weighted by molar-refractivity contribution is -0.136. The van der Waals surface area contributed by atoms with Crippen LogP contribution in [-0.2, 0) is 25.1 Å². The molecule has 1 fully saturated rings. The number of halogens is 1. The number of hydrogen-bond donors (Lipinski definition) is 0. The molecule has 0 radical (unpaired) electrons. The molecule has 2 aromatic rings. The number of ether oxygens (including phenoxy) is 1. The molecule has 7 heteroatoms. The molecule has 138 valence electrons. The van der Waals surface area contributed by atoms with Crippen molar-refractivity contribution >= 4 is 16.0 Å². The van der Waals surface area contributed by atoms with E-state index in [9.17, 15) is 17.6 Å². The number of benzene rings is 2. The number of sulfonamides is 1. The molecule has 0 N–H and O–H groups in total. The zero-order valence-electron chi connectivity index (χ0n) is 14.4. The number of fused-ring (bicyclic) bond motifs is 2. The summed E-state index contributed by atoms with van der Waals surface area (Å²) >= 11 is 0. The van der Waals surface area contributed by atoms with Gasteiger partial charge in [0.25, 0.3) is 0 Å². The predicted molar refractivity (Wildman–Crippen MR) is 94.8 cm³/mol. The highest BCUT2D eigenvalue weighted by Crippen LogP contribution is 2.67. The van der Waals surface area contributed by atoms with Crippen molar-refractivity contribution < 1.29 is 22.3 Å². The average molecular weight is 385 g/mol. The van der Waals surface area contributed by atoms with E-state index in [1.165, 1.54) is 17.5 Å². The number of rotatable bonds is 2. The first kappa shape index (κ1) is 16.6. The Morgan fingerprint density at radius 2 is 1.89 bits per heavy atom. The molecule has 1 spiro atoms. The number of carbonyl (C=O) groups excluding carboxylic acids is 1. The molecule has 1 saturated heterocycles. The summed E-state index contributed by atoms with van der Waals surface area (Å²) in [7, 11) is -2.36. The zero-order chi connectivity index (χ0) is 19.0. The van der Waals surface area contributed by atoms with Crippen LogP contribution in [0, 0.1) is 5.82 Å². The van der Waals surface area contributed by atoms with Crippen molar-refractivity contribution in [3.63, 3.8) is 0 Å². The summed E-state index contributed by atoms with van der Waals surface area (Å²) in [5.41, 5.74) is 0.646. The third-order valence-corrected chi connectivity index (χ3v) is 7.87. The summed E-state index contributed by atoms with van der Waals surface area (Å²) in [4.78, 5) is 12.7. The van der Waals surface area contributed by atoms with Crippen molar-refractivity contribution in [3.8, 4) is 0 Å². The molecular formula is C20H16FNO4S. The first-order valence-electron chi connectivity index (χ1n) is 8.61. The number of nitrogens with zero attached hydrogens (tertiary/aromatic N) is 1. The van der Waals surface area contributed by atoms with Gasteiger partial charge in [0.2, 0.25) is 10.0 Å². The van der Waals surface area contributed by atoms with Crippen molar-refractivity contribution in [3.05, 3.63) is 77.1 Å². The molecule has 2 heterocycles. The maximum Gasteiger partial charge on any atom is 0.334 e. The monoisotopic (exact) mass is 385 g/mol. The molecule has 0 saturated carbocycles. The van der Waals surface area contributed by atoms with Gasteiger partial charge in [-0.25, -0.2) is 17.6 Å². The van der Waals surface area contributed by atoms with E-state index in [0.717, 1.165) is 5.56 Å². The lowest BCUT2D eigenvalue weighted by atomic mass is 9.74. The number of hydrogen-bond acceptors (Lipinski definition) is 4. The van der Waals surface area contributed by atoms with Gasteiger partial charge >= 0.3 is 5.97 Å². The third-order valence-electron chi connectivity index (χ3n) is 5.89. The van der Waals surface area contributed by atoms with Crippen molar-refractivity contribution in [2.24, 2.45) is 0 Å². The quantitative estimate of drug-likeness (QED) is 0.589.